The second kappa shape index (κ2) is 5.01. The van der Waals surface area contributed by atoms with Crippen LogP contribution < -0.4 is 0 Å². The van der Waals surface area contributed by atoms with Crippen LogP contribution in [-0.2, 0) is 4.74 Å². The summed E-state index contributed by atoms with van der Waals surface area (Å²) < 4.78 is 5.24. The highest BCUT2D eigenvalue weighted by molar-refractivity contribution is 5.69. The predicted octanol–water partition coefficient (Wildman–Crippen LogP) is 0.739. The van der Waals surface area contributed by atoms with Gasteiger partial charge >= 0.3 is 6.09 Å². The first-order valence-electron chi connectivity index (χ1n) is 5.63. The number of likely N-dealkylation sites (tertiary alicyclic amines) is 1. The van der Waals surface area contributed by atoms with Gasteiger partial charge in [0, 0.05) is 6.54 Å². The van der Waals surface area contributed by atoms with E-state index in [2.05, 4.69) is 0 Å². The lowest BCUT2D eigenvalue weighted by Crippen LogP contribution is -2.46. The van der Waals surface area contributed by atoms with Crippen molar-refractivity contribution in [2.45, 2.75) is 51.4 Å². The molecule has 1 rings (SSSR count). The molecule has 5 heteroatoms. The van der Waals surface area contributed by atoms with Crippen molar-refractivity contribution in [3.8, 4) is 0 Å². The molecular formula is C11H21NO4. The van der Waals surface area contributed by atoms with Crippen LogP contribution in [0.1, 0.15) is 33.6 Å². The lowest BCUT2D eigenvalue weighted by molar-refractivity contribution is -0.00623. The van der Waals surface area contributed by atoms with Gasteiger partial charge in [-0.1, -0.05) is 0 Å². The van der Waals surface area contributed by atoms with Gasteiger partial charge in [-0.25, -0.2) is 4.79 Å². The second-order valence-electron chi connectivity index (χ2n) is 5.13. The first-order valence-corrected chi connectivity index (χ1v) is 5.63. The molecule has 0 aromatic carbocycles. The van der Waals surface area contributed by atoms with E-state index in [1.807, 2.05) is 0 Å². The topological polar surface area (TPSA) is 70.0 Å². The van der Waals surface area contributed by atoms with Crippen LogP contribution in [-0.4, -0.2) is 52.1 Å². The third-order valence-corrected chi connectivity index (χ3v) is 2.56. The van der Waals surface area contributed by atoms with E-state index in [-0.39, 0.29) is 12.6 Å². The summed E-state index contributed by atoms with van der Waals surface area (Å²) in [6, 6.07) is -0.320. The standard InChI is InChI=1S/C11H21NO4/c1-11(2,3)16-10(15)12-6-4-5-8(12)9(14)7-13/h8-9,13-14H,4-7H2,1-3H3/t8-,9-/m1/s1. The minimum absolute atomic E-state index is 0.320. The van der Waals surface area contributed by atoms with Crippen molar-refractivity contribution in [3.05, 3.63) is 0 Å². The fraction of sp³-hybridized carbons (Fsp3) is 0.909. The molecule has 5 nitrogen and oxygen atoms in total. The normalized spacial score (nSPS) is 23.3. The maximum Gasteiger partial charge on any atom is 0.410 e. The summed E-state index contributed by atoms with van der Waals surface area (Å²) in [4.78, 5) is 13.3. The molecule has 2 N–H and O–H groups in total. The quantitative estimate of drug-likeness (QED) is 0.735. The molecule has 16 heavy (non-hydrogen) atoms. The van der Waals surface area contributed by atoms with Gasteiger partial charge in [0.2, 0.25) is 0 Å². The number of carbonyl (C=O) groups is 1. The molecule has 0 saturated carbocycles. The first kappa shape index (κ1) is 13.3. The Morgan fingerprint density at radius 1 is 1.56 bits per heavy atom. The van der Waals surface area contributed by atoms with Gasteiger partial charge in [0.05, 0.1) is 18.8 Å². The Morgan fingerprint density at radius 3 is 2.69 bits per heavy atom. The van der Waals surface area contributed by atoms with Gasteiger partial charge in [-0.2, -0.15) is 0 Å². The van der Waals surface area contributed by atoms with Gasteiger partial charge in [-0.05, 0) is 33.6 Å². The van der Waals surface area contributed by atoms with E-state index < -0.39 is 17.8 Å². The largest absolute Gasteiger partial charge is 0.444 e. The first-order chi connectivity index (χ1) is 7.35. The van der Waals surface area contributed by atoms with Crippen molar-refractivity contribution in [1.82, 2.24) is 4.90 Å². The zero-order chi connectivity index (χ0) is 12.3. The van der Waals surface area contributed by atoms with Crippen molar-refractivity contribution < 1.29 is 19.7 Å². The third kappa shape index (κ3) is 3.35. The summed E-state index contributed by atoms with van der Waals surface area (Å²) in [6.07, 6.45) is 0.250. The van der Waals surface area contributed by atoms with E-state index in [4.69, 9.17) is 9.84 Å². The molecule has 94 valence electrons. The van der Waals surface area contributed by atoms with Gasteiger partial charge in [-0.15, -0.1) is 0 Å². The Kier molecular flexibility index (Phi) is 4.15. The number of aliphatic hydroxyl groups excluding tert-OH is 2. The van der Waals surface area contributed by atoms with Crippen LogP contribution in [0.3, 0.4) is 0 Å². The molecule has 0 aliphatic carbocycles. The zero-order valence-corrected chi connectivity index (χ0v) is 10.1. The molecule has 0 unspecified atom stereocenters. The minimum atomic E-state index is -0.880. The number of hydrogen-bond donors (Lipinski definition) is 2. The van der Waals surface area contributed by atoms with Crippen molar-refractivity contribution in [2.75, 3.05) is 13.2 Å². The number of carbonyl (C=O) groups excluding carboxylic acids is 1. The summed E-state index contributed by atoms with van der Waals surface area (Å²) in [7, 11) is 0. The Hall–Kier alpha value is -0.810. The molecule has 0 bridgehead atoms. The van der Waals surface area contributed by atoms with Crippen LogP contribution in [0, 0.1) is 0 Å². The predicted molar refractivity (Wildman–Crippen MR) is 59.1 cm³/mol. The fourth-order valence-corrected chi connectivity index (χ4v) is 1.86. The Balaban J connectivity index is 2.61. The van der Waals surface area contributed by atoms with E-state index in [0.717, 1.165) is 6.42 Å². The van der Waals surface area contributed by atoms with Crippen LogP contribution >= 0.6 is 0 Å². The molecule has 0 aromatic heterocycles. The van der Waals surface area contributed by atoms with Crippen molar-refractivity contribution in [1.29, 1.82) is 0 Å². The van der Waals surface area contributed by atoms with Gasteiger partial charge in [-0.3, -0.25) is 0 Å². The summed E-state index contributed by atoms with van der Waals surface area (Å²) in [5.74, 6) is 0. The van der Waals surface area contributed by atoms with E-state index >= 15 is 0 Å². The molecule has 0 spiro atoms. The monoisotopic (exact) mass is 231 g/mol. The Labute approximate surface area is 96.0 Å². The van der Waals surface area contributed by atoms with Crippen LogP contribution in [0.25, 0.3) is 0 Å². The summed E-state index contributed by atoms with van der Waals surface area (Å²) in [6.45, 7) is 5.66. The van der Waals surface area contributed by atoms with E-state index in [1.54, 1.807) is 20.8 Å². The molecule has 2 atom stereocenters. The number of ether oxygens (including phenoxy) is 1. The Morgan fingerprint density at radius 2 is 2.19 bits per heavy atom. The van der Waals surface area contributed by atoms with Crippen molar-refractivity contribution in [2.24, 2.45) is 0 Å². The highest BCUT2D eigenvalue weighted by atomic mass is 16.6. The third-order valence-electron chi connectivity index (χ3n) is 2.56. The van der Waals surface area contributed by atoms with E-state index in [1.165, 1.54) is 4.90 Å². The summed E-state index contributed by atoms with van der Waals surface area (Å²) in [5, 5.41) is 18.5. The lowest BCUT2D eigenvalue weighted by atomic mass is 10.1. The summed E-state index contributed by atoms with van der Waals surface area (Å²) >= 11 is 0. The SMILES string of the molecule is CC(C)(C)OC(=O)N1CCC[C@@H]1[C@H](O)CO. The highest BCUT2D eigenvalue weighted by Crippen LogP contribution is 2.22. The van der Waals surface area contributed by atoms with Gasteiger partial charge in [0.25, 0.3) is 0 Å². The van der Waals surface area contributed by atoms with Crippen LogP contribution in [0.2, 0.25) is 0 Å². The average Bonchev–Trinajstić information content (AvgIpc) is 2.62. The van der Waals surface area contributed by atoms with Crippen molar-refractivity contribution >= 4 is 6.09 Å². The Bertz CT molecular complexity index is 249. The maximum atomic E-state index is 11.8. The van der Waals surface area contributed by atoms with Gasteiger partial charge in [0.1, 0.15) is 5.60 Å². The highest BCUT2D eigenvalue weighted by Gasteiger charge is 2.35. The van der Waals surface area contributed by atoms with Crippen LogP contribution in [0.4, 0.5) is 4.79 Å². The van der Waals surface area contributed by atoms with E-state index in [0.29, 0.717) is 13.0 Å². The molecule has 1 fully saturated rings. The van der Waals surface area contributed by atoms with Crippen LogP contribution in [0.15, 0.2) is 0 Å². The molecule has 0 radical (unpaired) electrons. The van der Waals surface area contributed by atoms with Gasteiger partial charge in [0.15, 0.2) is 0 Å². The van der Waals surface area contributed by atoms with Crippen molar-refractivity contribution in [3.63, 3.8) is 0 Å². The molecular weight excluding hydrogens is 210 g/mol. The van der Waals surface area contributed by atoms with Crippen LogP contribution in [0.5, 0.6) is 0 Å². The number of hydrogen-bond acceptors (Lipinski definition) is 4. The zero-order valence-electron chi connectivity index (χ0n) is 10.1. The molecule has 1 saturated heterocycles. The molecule has 1 aliphatic heterocycles. The summed E-state index contributed by atoms with van der Waals surface area (Å²) in [5.41, 5.74) is -0.533. The number of rotatable bonds is 2. The fourth-order valence-electron chi connectivity index (χ4n) is 1.86. The lowest BCUT2D eigenvalue weighted by Gasteiger charge is -2.30. The maximum absolute atomic E-state index is 11.8. The molecule has 0 aromatic rings. The average molecular weight is 231 g/mol. The second-order valence-corrected chi connectivity index (χ2v) is 5.13. The molecule has 1 amide bonds. The molecule has 1 aliphatic rings. The number of nitrogens with zero attached hydrogens (tertiary/aromatic N) is 1. The molecule has 1 heterocycles. The number of amides is 1. The van der Waals surface area contributed by atoms with E-state index in [9.17, 15) is 9.90 Å². The minimum Gasteiger partial charge on any atom is -0.444 e. The smallest absolute Gasteiger partial charge is 0.410 e. The van der Waals surface area contributed by atoms with Gasteiger partial charge < -0.3 is 19.8 Å². The number of aliphatic hydroxyl groups is 2.